The van der Waals surface area contributed by atoms with E-state index in [-0.39, 0.29) is 18.4 Å². The van der Waals surface area contributed by atoms with Crippen LogP contribution in [0.2, 0.25) is 0 Å². The zero-order chi connectivity index (χ0) is 11.4. The molecule has 0 bridgehead atoms. The first-order valence-electron chi connectivity index (χ1n) is 5.27. The number of nitrogens with zero attached hydrogens (tertiary/aromatic N) is 1. The average Bonchev–Trinajstić information content (AvgIpc) is 2.29. The normalized spacial score (nSPS) is 23.7. The molecule has 0 spiro atoms. The standard InChI is InChI=1S/C10H18N2O3/c1-7(2)12-5-3-4-11-10(15)8(12)6-9(13)14/h7-8H,3-6H2,1-2H3,(H,11,15)(H,13,14). The summed E-state index contributed by atoms with van der Waals surface area (Å²) in [6.45, 7) is 5.37. The van der Waals surface area contributed by atoms with Crippen LogP contribution >= 0.6 is 0 Å². The monoisotopic (exact) mass is 214 g/mol. The van der Waals surface area contributed by atoms with Crippen molar-refractivity contribution in [1.29, 1.82) is 0 Å². The fourth-order valence-electron chi connectivity index (χ4n) is 1.89. The number of carbonyl (C=O) groups excluding carboxylic acids is 1. The molecule has 1 atom stereocenters. The van der Waals surface area contributed by atoms with E-state index in [4.69, 9.17) is 5.11 Å². The molecule has 1 heterocycles. The van der Waals surface area contributed by atoms with Crippen LogP contribution in [0, 0.1) is 0 Å². The largest absolute Gasteiger partial charge is 0.481 e. The lowest BCUT2D eigenvalue weighted by molar-refractivity contribution is -0.142. The summed E-state index contributed by atoms with van der Waals surface area (Å²) in [5.74, 6) is -1.09. The van der Waals surface area contributed by atoms with Gasteiger partial charge >= 0.3 is 5.97 Å². The highest BCUT2D eigenvalue weighted by Gasteiger charge is 2.31. The highest BCUT2D eigenvalue weighted by atomic mass is 16.4. The first-order valence-corrected chi connectivity index (χ1v) is 5.27. The lowest BCUT2D eigenvalue weighted by Crippen LogP contribution is -2.48. The van der Waals surface area contributed by atoms with Crippen molar-refractivity contribution in [3.8, 4) is 0 Å². The molecule has 0 aromatic heterocycles. The zero-order valence-electron chi connectivity index (χ0n) is 9.19. The lowest BCUT2D eigenvalue weighted by Gasteiger charge is -2.30. The van der Waals surface area contributed by atoms with Gasteiger partial charge in [0, 0.05) is 19.1 Å². The molecule has 5 heteroatoms. The summed E-state index contributed by atoms with van der Waals surface area (Å²) in [4.78, 5) is 24.3. The van der Waals surface area contributed by atoms with Crippen molar-refractivity contribution >= 4 is 11.9 Å². The van der Waals surface area contributed by atoms with E-state index in [2.05, 4.69) is 5.32 Å². The molecule has 15 heavy (non-hydrogen) atoms. The van der Waals surface area contributed by atoms with Gasteiger partial charge in [0.05, 0.1) is 12.5 Å². The molecule has 1 rings (SSSR count). The number of hydrogen-bond donors (Lipinski definition) is 2. The summed E-state index contributed by atoms with van der Waals surface area (Å²) in [6, 6.07) is -0.330. The van der Waals surface area contributed by atoms with Crippen LogP contribution in [0.3, 0.4) is 0 Å². The SMILES string of the molecule is CC(C)N1CCCNC(=O)C1CC(=O)O. The van der Waals surface area contributed by atoms with Gasteiger partial charge in [0.15, 0.2) is 0 Å². The second kappa shape index (κ2) is 5.11. The molecule has 1 unspecified atom stereocenters. The maximum absolute atomic E-state index is 11.6. The summed E-state index contributed by atoms with van der Waals surface area (Å²) in [7, 11) is 0. The molecule has 1 aliphatic rings. The maximum atomic E-state index is 11.6. The average molecular weight is 214 g/mol. The fourth-order valence-corrected chi connectivity index (χ4v) is 1.89. The van der Waals surface area contributed by atoms with E-state index < -0.39 is 12.0 Å². The summed E-state index contributed by atoms with van der Waals surface area (Å²) in [5.41, 5.74) is 0. The van der Waals surface area contributed by atoms with Crippen molar-refractivity contribution in [1.82, 2.24) is 10.2 Å². The number of hydrogen-bond acceptors (Lipinski definition) is 3. The third kappa shape index (κ3) is 3.20. The minimum atomic E-state index is -0.928. The third-order valence-electron chi connectivity index (χ3n) is 2.63. The van der Waals surface area contributed by atoms with Gasteiger partial charge in [-0.15, -0.1) is 0 Å². The predicted molar refractivity (Wildman–Crippen MR) is 55.5 cm³/mol. The second-order valence-electron chi connectivity index (χ2n) is 4.09. The molecule has 2 N–H and O–H groups in total. The highest BCUT2D eigenvalue weighted by Crippen LogP contribution is 2.13. The Bertz CT molecular complexity index is 253. The Labute approximate surface area is 89.4 Å². The molecular formula is C10H18N2O3. The molecule has 1 amide bonds. The Morgan fingerprint density at radius 1 is 1.67 bits per heavy atom. The van der Waals surface area contributed by atoms with Crippen LogP contribution in [-0.4, -0.2) is 47.1 Å². The molecule has 0 aromatic carbocycles. The van der Waals surface area contributed by atoms with E-state index in [1.807, 2.05) is 18.7 Å². The van der Waals surface area contributed by atoms with Gasteiger partial charge in [0.2, 0.25) is 5.91 Å². The Kier molecular flexibility index (Phi) is 4.08. The van der Waals surface area contributed by atoms with Crippen LogP contribution in [0.4, 0.5) is 0 Å². The van der Waals surface area contributed by atoms with Gasteiger partial charge in [-0.2, -0.15) is 0 Å². The smallest absolute Gasteiger partial charge is 0.305 e. The summed E-state index contributed by atoms with van der Waals surface area (Å²) < 4.78 is 0. The van der Waals surface area contributed by atoms with E-state index in [0.717, 1.165) is 13.0 Å². The van der Waals surface area contributed by atoms with Crippen LogP contribution in [-0.2, 0) is 9.59 Å². The van der Waals surface area contributed by atoms with E-state index in [1.165, 1.54) is 0 Å². The topological polar surface area (TPSA) is 69.6 Å². The number of amides is 1. The van der Waals surface area contributed by atoms with Gasteiger partial charge in [0.25, 0.3) is 0 Å². The van der Waals surface area contributed by atoms with E-state index in [1.54, 1.807) is 0 Å². The van der Waals surface area contributed by atoms with Crippen LogP contribution in [0.25, 0.3) is 0 Å². The van der Waals surface area contributed by atoms with Crippen molar-refractivity contribution < 1.29 is 14.7 Å². The fraction of sp³-hybridized carbons (Fsp3) is 0.800. The quantitative estimate of drug-likeness (QED) is 0.697. The van der Waals surface area contributed by atoms with Gasteiger partial charge in [-0.25, -0.2) is 0 Å². The zero-order valence-corrected chi connectivity index (χ0v) is 9.19. The van der Waals surface area contributed by atoms with Gasteiger partial charge in [0.1, 0.15) is 0 Å². The number of carboxylic acid groups (broad SMARTS) is 1. The van der Waals surface area contributed by atoms with Gasteiger partial charge in [-0.3, -0.25) is 14.5 Å². The van der Waals surface area contributed by atoms with Crippen LogP contribution < -0.4 is 5.32 Å². The molecule has 5 nitrogen and oxygen atoms in total. The first-order chi connectivity index (χ1) is 7.02. The molecule has 86 valence electrons. The Morgan fingerprint density at radius 3 is 2.87 bits per heavy atom. The summed E-state index contributed by atoms with van der Waals surface area (Å²) >= 11 is 0. The number of carboxylic acids is 1. The van der Waals surface area contributed by atoms with Crippen molar-refractivity contribution in [3.05, 3.63) is 0 Å². The Balaban J connectivity index is 2.78. The number of nitrogens with one attached hydrogen (secondary N) is 1. The minimum absolute atomic E-state index is 0.121. The van der Waals surface area contributed by atoms with Crippen LogP contribution in [0.1, 0.15) is 26.7 Å². The molecule has 1 fully saturated rings. The lowest BCUT2D eigenvalue weighted by atomic mass is 10.1. The van der Waals surface area contributed by atoms with Crippen molar-refractivity contribution in [3.63, 3.8) is 0 Å². The number of carbonyl (C=O) groups is 2. The van der Waals surface area contributed by atoms with Crippen molar-refractivity contribution in [2.45, 2.75) is 38.8 Å². The predicted octanol–water partition coefficient (Wildman–Crippen LogP) is 0.0600. The van der Waals surface area contributed by atoms with Crippen molar-refractivity contribution in [2.24, 2.45) is 0 Å². The maximum Gasteiger partial charge on any atom is 0.305 e. The minimum Gasteiger partial charge on any atom is -0.481 e. The molecule has 0 radical (unpaired) electrons. The Hall–Kier alpha value is -1.10. The first kappa shape index (κ1) is 12.0. The van der Waals surface area contributed by atoms with Crippen LogP contribution in [0.15, 0.2) is 0 Å². The summed E-state index contributed by atoms with van der Waals surface area (Å²) in [6.07, 6.45) is 0.754. The van der Waals surface area contributed by atoms with Crippen molar-refractivity contribution in [2.75, 3.05) is 13.1 Å². The third-order valence-corrected chi connectivity index (χ3v) is 2.63. The highest BCUT2D eigenvalue weighted by molar-refractivity contribution is 5.86. The van der Waals surface area contributed by atoms with E-state index >= 15 is 0 Å². The molecule has 1 aliphatic heterocycles. The van der Waals surface area contributed by atoms with Gasteiger partial charge in [-0.1, -0.05) is 0 Å². The summed E-state index contributed by atoms with van der Waals surface area (Å²) in [5, 5.41) is 11.5. The Morgan fingerprint density at radius 2 is 2.33 bits per heavy atom. The number of rotatable bonds is 3. The van der Waals surface area contributed by atoms with Crippen LogP contribution in [0.5, 0.6) is 0 Å². The molecular weight excluding hydrogens is 196 g/mol. The van der Waals surface area contributed by atoms with Gasteiger partial charge < -0.3 is 10.4 Å². The molecule has 0 aliphatic carbocycles. The molecule has 1 saturated heterocycles. The number of aliphatic carboxylic acids is 1. The van der Waals surface area contributed by atoms with E-state index in [9.17, 15) is 9.59 Å². The van der Waals surface area contributed by atoms with E-state index in [0.29, 0.717) is 6.54 Å². The second-order valence-corrected chi connectivity index (χ2v) is 4.09. The molecule has 0 aromatic rings. The van der Waals surface area contributed by atoms with Gasteiger partial charge in [-0.05, 0) is 20.3 Å². The molecule has 0 saturated carbocycles.